The molecule has 0 saturated heterocycles. The fourth-order valence-corrected chi connectivity index (χ4v) is 11.6. The Labute approximate surface area is 173 Å². The van der Waals surface area contributed by atoms with E-state index >= 15 is 0 Å². The Kier molecular flexibility index (Phi) is 4.36. The Morgan fingerprint density at radius 3 is 1.65 bits per heavy atom. The average molecular weight is 559 g/mol. The van der Waals surface area contributed by atoms with Gasteiger partial charge in [0.15, 0.2) is 0 Å². The van der Waals surface area contributed by atoms with Crippen molar-refractivity contribution in [2.75, 3.05) is 0 Å². The molecule has 4 aromatic carbocycles. The number of fused-ring (bicyclic) bond motifs is 3. The van der Waals surface area contributed by atoms with Gasteiger partial charge in [0, 0.05) is 0 Å². The Bertz CT molecular complexity index is 1200. The molecule has 1 heterocycles. The van der Waals surface area contributed by atoms with E-state index in [4.69, 9.17) is 0 Å². The summed E-state index contributed by atoms with van der Waals surface area (Å²) in [6, 6.07) is 35.8. The van der Waals surface area contributed by atoms with Gasteiger partial charge in [0.1, 0.15) is 0 Å². The Morgan fingerprint density at radius 1 is 0.500 bits per heavy atom. The van der Waals surface area contributed by atoms with Gasteiger partial charge in [-0.3, -0.25) is 0 Å². The third-order valence-electron chi connectivity index (χ3n) is 4.78. The predicted octanol–water partition coefficient (Wildman–Crippen LogP) is 7.00. The first-order valence-corrected chi connectivity index (χ1v) is 13.2. The van der Waals surface area contributed by atoms with Crippen LogP contribution in [-0.2, 0) is 0 Å². The number of hydrogen-bond donors (Lipinski definition) is 0. The molecular formula is C24H16ITe+. The second-order valence-electron chi connectivity index (χ2n) is 6.27. The van der Waals surface area contributed by atoms with Crippen LogP contribution in [0.1, 0.15) is 0 Å². The van der Waals surface area contributed by atoms with Gasteiger partial charge >= 0.3 is 175 Å². The van der Waals surface area contributed by atoms with Crippen molar-refractivity contribution in [1.82, 2.24) is 0 Å². The van der Waals surface area contributed by atoms with Crippen molar-refractivity contribution in [2.45, 2.75) is 0 Å². The van der Waals surface area contributed by atoms with E-state index in [-0.39, 0.29) is 0 Å². The van der Waals surface area contributed by atoms with Gasteiger partial charge < -0.3 is 0 Å². The van der Waals surface area contributed by atoms with E-state index in [0.717, 1.165) is 0 Å². The molecule has 5 aromatic rings. The molecule has 0 N–H and O–H groups in total. The predicted molar refractivity (Wildman–Crippen MR) is 122 cm³/mol. The molecule has 0 nitrogen and oxygen atoms in total. The van der Waals surface area contributed by atoms with E-state index in [0.29, 0.717) is 0 Å². The Hall–Kier alpha value is -1.60. The van der Waals surface area contributed by atoms with E-state index in [1.54, 1.807) is 10.4 Å². The van der Waals surface area contributed by atoms with E-state index in [2.05, 4.69) is 120 Å². The first-order valence-electron chi connectivity index (χ1n) is 8.61. The van der Waals surface area contributed by atoms with Crippen LogP contribution in [-0.4, -0.2) is 19.1 Å². The van der Waals surface area contributed by atoms with Gasteiger partial charge in [-0.1, -0.05) is 0 Å². The molecule has 0 aliphatic rings. The van der Waals surface area contributed by atoms with E-state index in [1.807, 2.05) is 0 Å². The Morgan fingerprint density at radius 2 is 1.00 bits per heavy atom. The third kappa shape index (κ3) is 2.63. The summed E-state index contributed by atoms with van der Waals surface area (Å²) in [5.74, 6) is 0. The van der Waals surface area contributed by atoms with Gasteiger partial charge in [0.25, 0.3) is 0 Å². The molecule has 1 aromatic heterocycles. The van der Waals surface area contributed by atoms with Gasteiger partial charge in [-0.15, -0.1) is 0 Å². The van der Waals surface area contributed by atoms with Crippen LogP contribution >= 0.6 is 22.6 Å². The molecule has 0 aliphatic carbocycles. The quantitative estimate of drug-likeness (QED) is 0.162. The first kappa shape index (κ1) is 16.6. The summed E-state index contributed by atoms with van der Waals surface area (Å²) in [5.41, 5.74) is 2.76. The van der Waals surface area contributed by atoms with Crippen molar-refractivity contribution in [2.24, 2.45) is 0 Å². The monoisotopic (exact) mass is 561 g/mol. The van der Waals surface area contributed by atoms with E-state index in [9.17, 15) is 0 Å². The van der Waals surface area contributed by atoms with Crippen molar-refractivity contribution in [3.8, 4) is 14.7 Å². The van der Waals surface area contributed by atoms with Gasteiger partial charge in [0.2, 0.25) is 0 Å². The Balaban J connectivity index is 1.92. The number of benzene rings is 4. The summed E-state index contributed by atoms with van der Waals surface area (Å²) in [6.07, 6.45) is 0. The van der Waals surface area contributed by atoms with E-state index in [1.165, 1.54) is 25.5 Å². The van der Waals surface area contributed by atoms with Gasteiger partial charge in [-0.2, -0.15) is 0 Å². The standard InChI is InChI=1S/C24H16ITe/c25-21-13-5-1-9-17(21)18-10-2-6-14-22(18)26-23-15-7-3-11-19(23)20-12-4-8-16-24(20)26/h1-16H/q+1. The van der Waals surface area contributed by atoms with Crippen LogP contribution in [0.15, 0.2) is 97.1 Å². The van der Waals surface area contributed by atoms with Gasteiger partial charge in [0.05, 0.1) is 0 Å². The normalized spacial score (nSPS) is 11.3. The SMILES string of the molecule is Ic1ccccc1-c1ccccc1-[te+]1c2ccccc2c2ccccc21. The first-order chi connectivity index (χ1) is 12.8. The zero-order valence-corrected chi connectivity index (χ0v) is 18.5. The minimum absolute atomic E-state index is 1.32. The molecule has 0 bridgehead atoms. The van der Waals surface area contributed by atoms with Crippen LogP contribution in [0.5, 0.6) is 0 Å². The third-order valence-corrected chi connectivity index (χ3v) is 12.5. The number of hydrogen-bond acceptors (Lipinski definition) is 0. The molecule has 0 aliphatic heterocycles. The van der Waals surface area contributed by atoms with Crippen molar-refractivity contribution in [3.05, 3.63) is 101 Å². The second-order valence-corrected chi connectivity index (χ2v) is 13.0. The van der Waals surface area contributed by atoms with Crippen molar-refractivity contribution >= 4 is 59.2 Å². The summed E-state index contributed by atoms with van der Waals surface area (Å²) in [7, 11) is 0. The molecule has 5 rings (SSSR count). The molecule has 0 fully saturated rings. The molecule has 0 amide bonds. The molecule has 0 unspecified atom stereocenters. The van der Waals surface area contributed by atoms with Gasteiger partial charge in [-0.05, 0) is 0 Å². The zero-order chi connectivity index (χ0) is 17.5. The van der Waals surface area contributed by atoms with Crippen LogP contribution in [0.2, 0.25) is 0 Å². The van der Waals surface area contributed by atoms with Crippen LogP contribution in [0.25, 0.3) is 32.3 Å². The van der Waals surface area contributed by atoms with Crippen molar-refractivity contribution in [3.63, 3.8) is 0 Å². The summed E-state index contributed by atoms with van der Waals surface area (Å²) in [5, 5.41) is 2.88. The van der Waals surface area contributed by atoms with Crippen LogP contribution in [0.3, 0.4) is 0 Å². The number of halogens is 1. The fourth-order valence-electron chi connectivity index (χ4n) is 3.64. The molecular weight excluding hydrogens is 543 g/mol. The van der Waals surface area contributed by atoms with Crippen LogP contribution < -0.4 is 0 Å². The maximum absolute atomic E-state index is 2.46. The average Bonchev–Trinajstić information content (AvgIpc) is 3.03. The topological polar surface area (TPSA) is 0 Å². The summed E-state index contributed by atoms with van der Waals surface area (Å²) >= 11 is 0.602. The van der Waals surface area contributed by atoms with E-state index < -0.39 is 19.1 Å². The molecule has 124 valence electrons. The molecule has 0 saturated carbocycles. The van der Waals surface area contributed by atoms with Crippen LogP contribution in [0.4, 0.5) is 0 Å². The summed E-state index contributed by atoms with van der Waals surface area (Å²) < 4.78 is 6.03. The molecule has 0 atom stereocenters. The maximum atomic E-state index is 2.46. The molecule has 2 heteroatoms. The van der Waals surface area contributed by atoms with Gasteiger partial charge in [-0.25, -0.2) is 0 Å². The zero-order valence-electron chi connectivity index (χ0n) is 14.0. The summed E-state index contributed by atoms with van der Waals surface area (Å²) in [6.45, 7) is 0. The minimum atomic E-state index is -1.86. The van der Waals surface area contributed by atoms with Crippen LogP contribution in [0, 0.1) is 3.57 Å². The molecule has 0 radical (unpaired) electrons. The summed E-state index contributed by atoms with van der Waals surface area (Å²) in [4.78, 5) is 0. The number of rotatable bonds is 2. The van der Waals surface area contributed by atoms with Crippen molar-refractivity contribution < 1.29 is 0 Å². The molecule has 26 heavy (non-hydrogen) atoms. The van der Waals surface area contributed by atoms with Crippen molar-refractivity contribution in [1.29, 1.82) is 0 Å². The fraction of sp³-hybridized carbons (Fsp3) is 0. The molecule has 0 spiro atoms. The second kappa shape index (κ2) is 6.85.